The van der Waals surface area contributed by atoms with Gasteiger partial charge in [0.1, 0.15) is 0 Å². The monoisotopic (exact) mass is 253 g/mol. The predicted molar refractivity (Wildman–Crippen MR) is 55.1 cm³/mol. The largest absolute Gasteiger partial charge is 0.115 e. The molecular formula is C10H6I. The van der Waals surface area contributed by atoms with E-state index in [2.05, 4.69) is 41.2 Å². The topological polar surface area (TPSA) is 0 Å². The van der Waals surface area contributed by atoms with E-state index in [9.17, 15) is 0 Å². The Kier molecular flexibility index (Phi) is 2.72. The first-order chi connectivity index (χ1) is 5.29. The molecule has 1 heteroatoms. The summed E-state index contributed by atoms with van der Waals surface area (Å²) in [7, 11) is 0. The van der Waals surface area contributed by atoms with Crippen LogP contribution in [0.2, 0.25) is 0 Å². The van der Waals surface area contributed by atoms with E-state index < -0.39 is 0 Å². The number of hydrogen-bond donors (Lipinski definition) is 0. The highest BCUT2D eigenvalue weighted by Gasteiger charge is 1.99. The van der Waals surface area contributed by atoms with Crippen molar-refractivity contribution >= 4 is 22.6 Å². The van der Waals surface area contributed by atoms with Crippen molar-refractivity contribution in [2.75, 3.05) is 0 Å². The highest BCUT2D eigenvalue weighted by atomic mass is 127. The molecule has 0 aliphatic heterocycles. The van der Waals surface area contributed by atoms with E-state index in [1.165, 1.54) is 0 Å². The lowest BCUT2D eigenvalue weighted by molar-refractivity contribution is 1.49. The zero-order valence-corrected chi connectivity index (χ0v) is 8.05. The molecule has 0 spiro atoms. The van der Waals surface area contributed by atoms with Gasteiger partial charge in [0.2, 0.25) is 0 Å². The molecule has 11 heavy (non-hydrogen) atoms. The normalized spacial score (nSPS) is 8.73. The number of hydrogen-bond acceptors (Lipinski definition) is 0. The standard InChI is InChI=1S/C10H6I/c1-3-8-6-5-7-10(11)9(8)4-2/h2,5-7H,1H2. The summed E-state index contributed by atoms with van der Waals surface area (Å²) in [5.74, 6) is 2.60. The van der Waals surface area contributed by atoms with Gasteiger partial charge in [0.15, 0.2) is 0 Å². The minimum absolute atomic E-state index is 0.878. The van der Waals surface area contributed by atoms with Crippen molar-refractivity contribution in [1.29, 1.82) is 0 Å². The van der Waals surface area contributed by atoms with E-state index in [4.69, 9.17) is 6.42 Å². The fourth-order valence-corrected chi connectivity index (χ4v) is 1.47. The lowest BCUT2D eigenvalue weighted by atomic mass is 10.1. The molecule has 0 fully saturated rings. The van der Waals surface area contributed by atoms with E-state index >= 15 is 0 Å². The van der Waals surface area contributed by atoms with Crippen molar-refractivity contribution in [3.05, 3.63) is 45.6 Å². The fraction of sp³-hybridized carbons (Fsp3) is 0. The molecule has 0 heterocycles. The van der Waals surface area contributed by atoms with Crippen LogP contribution in [0.5, 0.6) is 0 Å². The average Bonchev–Trinajstić information content (AvgIpc) is 2.04. The van der Waals surface area contributed by atoms with Crippen molar-refractivity contribution in [3.63, 3.8) is 0 Å². The fourth-order valence-electron chi connectivity index (χ4n) is 0.818. The minimum Gasteiger partial charge on any atom is -0.115 e. The maximum atomic E-state index is 5.30. The molecule has 0 aromatic heterocycles. The van der Waals surface area contributed by atoms with Gasteiger partial charge in [-0.2, -0.15) is 0 Å². The summed E-state index contributed by atoms with van der Waals surface area (Å²) in [6.07, 6.45) is 8.09. The number of halogens is 1. The van der Waals surface area contributed by atoms with Gasteiger partial charge in [0.05, 0.1) is 0 Å². The van der Waals surface area contributed by atoms with Crippen LogP contribution in [0, 0.1) is 22.0 Å². The molecule has 0 atom stereocenters. The highest BCUT2D eigenvalue weighted by Crippen LogP contribution is 2.15. The first-order valence-electron chi connectivity index (χ1n) is 3.08. The molecule has 53 valence electrons. The third-order valence-electron chi connectivity index (χ3n) is 1.35. The summed E-state index contributed by atoms with van der Waals surface area (Å²) in [6, 6.07) is 5.82. The first-order valence-corrected chi connectivity index (χ1v) is 4.15. The van der Waals surface area contributed by atoms with Gasteiger partial charge in [-0.15, -0.1) is 6.42 Å². The summed E-state index contributed by atoms with van der Waals surface area (Å²) < 4.78 is 1.07. The van der Waals surface area contributed by atoms with Crippen LogP contribution in [0.15, 0.2) is 24.8 Å². The lowest BCUT2D eigenvalue weighted by Crippen LogP contribution is -1.86. The summed E-state index contributed by atoms with van der Waals surface area (Å²) in [6.45, 7) is 3.56. The van der Waals surface area contributed by atoms with E-state index in [-0.39, 0.29) is 0 Å². The molecule has 0 saturated heterocycles. The Morgan fingerprint density at radius 2 is 2.18 bits per heavy atom. The Bertz CT molecular complexity index is 318. The maximum absolute atomic E-state index is 5.30. The highest BCUT2D eigenvalue weighted by molar-refractivity contribution is 14.1. The molecule has 1 aromatic rings. The van der Waals surface area contributed by atoms with Gasteiger partial charge in [-0.1, -0.05) is 24.6 Å². The predicted octanol–water partition coefficient (Wildman–Crippen LogP) is 2.61. The van der Waals surface area contributed by atoms with Crippen molar-refractivity contribution in [2.24, 2.45) is 0 Å². The number of rotatable bonds is 1. The van der Waals surface area contributed by atoms with Crippen LogP contribution < -0.4 is 0 Å². The Morgan fingerprint density at radius 1 is 1.45 bits per heavy atom. The smallest absolute Gasteiger partial charge is 0.0454 e. The lowest BCUT2D eigenvalue weighted by Gasteiger charge is -1.99. The molecule has 1 radical (unpaired) electrons. The Morgan fingerprint density at radius 3 is 2.64 bits per heavy atom. The summed E-state index contributed by atoms with van der Waals surface area (Å²) in [4.78, 5) is 0. The van der Waals surface area contributed by atoms with Gasteiger partial charge in [-0.25, -0.2) is 0 Å². The Hall–Kier alpha value is -0.750. The maximum Gasteiger partial charge on any atom is 0.0454 e. The molecule has 0 nitrogen and oxygen atoms in total. The van der Waals surface area contributed by atoms with Gasteiger partial charge < -0.3 is 0 Å². The second kappa shape index (κ2) is 3.59. The van der Waals surface area contributed by atoms with E-state index in [0.717, 1.165) is 14.7 Å². The second-order valence-electron chi connectivity index (χ2n) is 1.98. The molecule has 0 saturated carbocycles. The van der Waals surface area contributed by atoms with Crippen LogP contribution in [0.4, 0.5) is 0 Å². The molecule has 1 rings (SSSR count). The summed E-state index contributed by atoms with van der Waals surface area (Å²) in [5.41, 5.74) is 1.78. The Balaban J connectivity index is 3.38. The van der Waals surface area contributed by atoms with Gasteiger partial charge in [0.25, 0.3) is 0 Å². The van der Waals surface area contributed by atoms with Crippen molar-refractivity contribution < 1.29 is 0 Å². The van der Waals surface area contributed by atoms with Crippen LogP contribution in [0.3, 0.4) is 0 Å². The van der Waals surface area contributed by atoms with Gasteiger partial charge in [-0.3, -0.25) is 0 Å². The average molecular weight is 253 g/mol. The molecular weight excluding hydrogens is 247 g/mol. The second-order valence-corrected chi connectivity index (χ2v) is 3.15. The van der Waals surface area contributed by atoms with Crippen LogP contribution in [-0.2, 0) is 0 Å². The van der Waals surface area contributed by atoms with Crippen LogP contribution in [0.25, 0.3) is 0 Å². The van der Waals surface area contributed by atoms with E-state index in [1.807, 2.05) is 18.2 Å². The number of benzene rings is 1. The first kappa shape index (κ1) is 8.35. The molecule has 0 aliphatic carbocycles. The molecule has 0 amide bonds. The van der Waals surface area contributed by atoms with Gasteiger partial charge in [0, 0.05) is 9.13 Å². The van der Waals surface area contributed by atoms with Crippen molar-refractivity contribution in [1.82, 2.24) is 0 Å². The van der Waals surface area contributed by atoms with Gasteiger partial charge >= 0.3 is 0 Å². The number of terminal acetylenes is 1. The van der Waals surface area contributed by atoms with Crippen LogP contribution in [0.1, 0.15) is 11.1 Å². The zero-order valence-electron chi connectivity index (χ0n) is 5.89. The van der Waals surface area contributed by atoms with E-state index in [1.54, 1.807) is 0 Å². The molecule has 0 bridgehead atoms. The Labute approximate surface area is 80.5 Å². The molecule has 0 aliphatic rings. The molecule has 0 N–H and O–H groups in total. The minimum atomic E-state index is 0.878. The summed E-state index contributed by atoms with van der Waals surface area (Å²) >= 11 is 2.20. The molecule has 1 aromatic carbocycles. The third kappa shape index (κ3) is 1.63. The quantitative estimate of drug-likeness (QED) is 0.533. The van der Waals surface area contributed by atoms with E-state index in [0.29, 0.717) is 0 Å². The SMILES string of the molecule is C#Cc1c(I)cccc1[C]=C. The third-order valence-corrected chi connectivity index (χ3v) is 2.25. The van der Waals surface area contributed by atoms with Crippen molar-refractivity contribution in [2.45, 2.75) is 0 Å². The van der Waals surface area contributed by atoms with Crippen LogP contribution >= 0.6 is 22.6 Å². The van der Waals surface area contributed by atoms with Crippen molar-refractivity contribution in [3.8, 4) is 12.3 Å². The zero-order chi connectivity index (χ0) is 8.27. The van der Waals surface area contributed by atoms with Crippen LogP contribution in [-0.4, -0.2) is 0 Å². The molecule has 0 unspecified atom stereocenters. The summed E-state index contributed by atoms with van der Waals surface area (Å²) in [5, 5.41) is 0. The van der Waals surface area contributed by atoms with Gasteiger partial charge in [-0.05, 0) is 40.3 Å².